The van der Waals surface area contributed by atoms with Crippen LogP contribution in [0.4, 0.5) is 0 Å². The molecular weight excluding hydrogens is 244 g/mol. The average molecular weight is 270 g/mol. The Kier molecular flexibility index (Phi) is 5.10. The molecule has 1 N–H and O–H groups in total. The first kappa shape index (κ1) is 16.1. The molecule has 2 unspecified atom stereocenters. The zero-order valence-corrected chi connectivity index (χ0v) is 12.9. The fourth-order valence-corrected chi connectivity index (χ4v) is 1.67. The molecule has 1 aromatic heterocycles. The van der Waals surface area contributed by atoms with Crippen molar-refractivity contribution < 1.29 is 14.4 Å². The van der Waals surface area contributed by atoms with Gasteiger partial charge in [-0.05, 0) is 25.7 Å². The largest absolute Gasteiger partial charge is 0.392 e. The highest BCUT2D eigenvalue weighted by molar-refractivity contribution is 5.00. The molecule has 1 heterocycles. The van der Waals surface area contributed by atoms with Crippen molar-refractivity contribution in [1.82, 2.24) is 10.1 Å². The van der Waals surface area contributed by atoms with E-state index in [0.29, 0.717) is 24.7 Å². The van der Waals surface area contributed by atoms with Gasteiger partial charge < -0.3 is 14.4 Å². The van der Waals surface area contributed by atoms with Crippen molar-refractivity contribution >= 4 is 0 Å². The van der Waals surface area contributed by atoms with Gasteiger partial charge >= 0.3 is 0 Å². The van der Waals surface area contributed by atoms with E-state index in [0.717, 1.165) is 6.42 Å². The molecule has 0 amide bonds. The Morgan fingerprint density at radius 2 is 1.89 bits per heavy atom. The van der Waals surface area contributed by atoms with Gasteiger partial charge in [-0.1, -0.05) is 32.9 Å². The lowest BCUT2D eigenvalue weighted by atomic mass is 9.87. The van der Waals surface area contributed by atoms with Crippen LogP contribution in [0, 0.1) is 5.41 Å². The van der Waals surface area contributed by atoms with Crippen LogP contribution in [0.1, 0.15) is 59.7 Å². The van der Waals surface area contributed by atoms with Crippen LogP contribution in [0.5, 0.6) is 0 Å². The molecule has 2 atom stereocenters. The lowest BCUT2D eigenvalue weighted by Gasteiger charge is -2.24. The first-order valence-corrected chi connectivity index (χ1v) is 6.88. The highest BCUT2D eigenvalue weighted by Crippen LogP contribution is 2.27. The second kappa shape index (κ2) is 6.01. The second-order valence-electron chi connectivity index (χ2n) is 6.12. The van der Waals surface area contributed by atoms with E-state index in [9.17, 15) is 5.11 Å². The summed E-state index contributed by atoms with van der Waals surface area (Å²) in [6.45, 7) is 12.4. The normalized spacial score (nSPS) is 17.2. The molecule has 1 aromatic rings. The predicted octanol–water partition coefficient (Wildman–Crippen LogP) is 2.68. The van der Waals surface area contributed by atoms with Crippen LogP contribution in [-0.4, -0.2) is 28.0 Å². The number of hydrogen-bond donors (Lipinski definition) is 1. The summed E-state index contributed by atoms with van der Waals surface area (Å²) in [6, 6.07) is 0. The van der Waals surface area contributed by atoms with Crippen LogP contribution in [0.2, 0.25) is 0 Å². The lowest BCUT2D eigenvalue weighted by molar-refractivity contribution is -0.0403. The first-order chi connectivity index (χ1) is 8.73. The summed E-state index contributed by atoms with van der Waals surface area (Å²) in [4.78, 5) is 4.36. The molecule has 0 radical (unpaired) electrons. The minimum Gasteiger partial charge on any atom is -0.392 e. The van der Waals surface area contributed by atoms with Crippen molar-refractivity contribution in [2.45, 2.75) is 66.1 Å². The van der Waals surface area contributed by atoms with Gasteiger partial charge in [0.25, 0.3) is 0 Å². The van der Waals surface area contributed by atoms with Crippen LogP contribution < -0.4 is 0 Å². The second-order valence-corrected chi connectivity index (χ2v) is 6.12. The lowest BCUT2D eigenvalue weighted by Crippen LogP contribution is -2.29. The molecule has 19 heavy (non-hydrogen) atoms. The van der Waals surface area contributed by atoms with E-state index in [-0.39, 0.29) is 5.41 Å². The third kappa shape index (κ3) is 4.01. The van der Waals surface area contributed by atoms with E-state index in [1.165, 1.54) is 0 Å². The maximum absolute atomic E-state index is 10.1. The Hall–Kier alpha value is -0.940. The molecule has 0 bridgehead atoms. The predicted molar refractivity (Wildman–Crippen MR) is 72.7 cm³/mol. The Balaban J connectivity index is 2.82. The van der Waals surface area contributed by atoms with Gasteiger partial charge in [0.15, 0.2) is 0 Å². The summed E-state index contributed by atoms with van der Waals surface area (Å²) in [5.74, 6) is 1.00. The fraction of sp³-hybridized carbons (Fsp3) is 0.857. The molecule has 110 valence electrons. The average Bonchev–Trinajstić information content (AvgIpc) is 2.77. The SMILES string of the molecule is CCOC(C)(CC)c1noc(CC(O)C(C)(C)C)n1. The monoisotopic (exact) mass is 270 g/mol. The van der Waals surface area contributed by atoms with Crippen LogP contribution in [0.3, 0.4) is 0 Å². The Labute approximate surface area is 115 Å². The number of aliphatic hydroxyl groups excluding tert-OH is 1. The highest BCUT2D eigenvalue weighted by Gasteiger charge is 2.32. The molecule has 0 aliphatic rings. The van der Waals surface area contributed by atoms with Gasteiger partial charge in [-0.15, -0.1) is 0 Å². The summed E-state index contributed by atoms with van der Waals surface area (Å²) in [5, 5.41) is 14.0. The third-order valence-corrected chi connectivity index (χ3v) is 3.45. The molecule has 1 rings (SSSR count). The van der Waals surface area contributed by atoms with E-state index in [1.54, 1.807) is 0 Å². The summed E-state index contributed by atoms with van der Waals surface area (Å²) < 4.78 is 10.9. The smallest absolute Gasteiger partial charge is 0.229 e. The molecule has 5 nitrogen and oxygen atoms in total. The van der Waals surface area contributed by atoms with Gasteiger partial charge in [0.1, 0.15) is 5.60 Å². The van der Waals surface area contributed by atoms with Crippen molar-refractivity contribution in [1.29, 1.82) is 0 Å². The van der Waals surface area contributed by atoms with Crippen LogP contribution in [0.15, 0.2) is 4.52 Å². The maximum atomic E-state index is 10.1. The molecule has 5 heteroatoms. The molecule has 0 aromatic carbocycles. The summed E-state index contributed by atoms with van der Waals surface area (Å²) >= 11 is 0. The van der Waals surface area contributed by atoms with E-state index >= 15 is 0 Å². The first-order valence-electron chi connectivity index (χ1n) is 6.88. The maximum Gasteiger partial charge on any atom is 0.229 e. The zero-order chi connectivity index (χ0) is 14.7. The van der Waals surface area contributed by atoms with E-state index in [4.69, 9.17) is 9.26 Å². The number of aliphatic hydroxyl groups is 1. The summed E-state index contributed by atoms with van der Waals surface area (Å²) in [7, 11) is 0. The molecule has 0 spiro atoms. The zero-order valence-electron chi connectivity index (χ0n) is 12.9. The minimum atomic E-state index is -0.525. The third-order valence-electron chi connectivity index (χ3n) is 3.45. The molecule has 0 aliphatic carbocycles. The quantitative estimate of drug-likeness (QED) is 0.860. The highest BCUT2D eigenvalue weighted by atomic mass is 16.5. The molecule has 0 saturated carbocycles. The van der Waals surface area contributed by atoms with Crippen molar-refractivity contribution in [2.75, 3.05) is 6.61 Å². The number of ether oxygens (including phenoxy) is 1. The van der Waals surface area contributed by atoms with E-state index in [2.05, 4.69) is 10.1 Å². The Morgan fingerprint density at radius 3 is 2.37 bits per heavy atom. The standard InChI is InChI=1S/C14H26N2O3/c1-7-14(6,18-8-2)12-15-11(19-16-12)9-10(17)13(3,4)5/h10,17H,7-9H2,1-6H3. The van der Waals surface area contributed by atoms with Crippen LogP contribution in [-0.2, 0) is 16.8 Å². The van der Waals surface area contributed by atoms with Crippen molar-refractivity contribution in [2.24, 2.45) is 5.41 Å². The van der Waals surface area contributed by atoms with E-state index in [1.807, 2.05) is 41.5 Å². The van der Waals surface area contributed by atoms with Crippen molar-refractivity contribution in [3.63, 3.8) is 0 Å². The Morgan fingerprint density at radius 1 is 1.26 bits per heavy atom. The van der Waals surface area contributed by atoms with Gasteiger partial charge in [-0.3, -0.25) is 0 Å². The van der Waals surface area contributed by atoms with Gasteiger partial charge in [0.05, 0.1) is 12.5 Å². The number of hydrogen-bond acceptors (Lipinski definition) is 5. The van der Waals surface area contributed by atoms with Crippen molar-refractivity contribution in [3.05, 3.63) is 11.7 Å². The van der Waals surface area contributed by atoms with Crippen LogP contribution in [0.25, 0.3) is 0 Å². The molecule has 0 fully saturated rings. The topological polar surface area (TPSA) is 68.4 Å². The Bertz CT molecular complexity index is 398. The van der Waals surface area contributed by atoms with Crippen LogP contribution >= 0.6 is 0 Å². The molecule has 0 aliphatic heterocycles. The molecular formula is C14H26N2O3. The van der Waals surface area contributed by atoms with Gasteiger partial charge in [-0.2, -0.15) is 4.98 Å². The summed E-state index contributed by atoms with van der Waals surface area (Å²) in [6.07, 6.45) is 0.616. The number of rotatable bonds is 6. The minimum absolute atomic E-state index is 0.206. The van der Waals surface area contributed by atoms with E-state index < -0.39 is 11.7 Å². The van der Waals surface area contributed by atoms with Gasteiger partial charge in [0, 0.05) is 6.61 Å². The fourth-order valence-electron chi connectivity index (χ4n) is 1.67. The van der Waals surface area contributed by atoms with Crippen molar-refractivity contribution in [3.8, 4) is 0 Å². The van der Waals surface area contributed by atoms with Gasteiger partial charge in [0.2, 0.25) is 11.7 Å². The molecule has 0 saturated heterocycles. The van der Waals surface area contributed by atoms with Gasteiger partial charge in [-0.25, -0.2) is 0 Å². The number of aromatic nitrogens is 2. The summed E-state index contributed by atoms with van der Waals surface area (Å²) in [5.41, 5.74) is -0.730. The number of nitrogens with zero attached hydrogens (tertiary/aromatic N) is 2.